The van der Waals surface area contributed by atoms with Crippen LogP contribution in [0.4, 0.5) is 0 Å². The SMILES string of the molecule is Cc1c(C(C)CC(=O)O)ccc2c1COCO2. The highest BCUT2D eigenvalue weighted by Crippen LogP contribution is 2.33. The molecule has 0 fully saturated rings. The molecular weight excluding hydrogens is 220 g/mol. The Balaban J connectivity index is 2.32. The number of hydrogen-bond acceptors (Lipinski definition) is 3. The van der Waals surface area contributed by atoms with Crippen molar-refractivity contribution >= 4 is 5.97 Å². The standard InChI is InChI=1S/C13H16O4/c1-8(5-13(14)15)10-3-4-12-11(9(10)2)6-16-7-17-12/h3-4,8H,5-7H2,1-2H3,(H,14,15). The summed E-state index contributed by atoms with van der Waals surface area (Å²) in [5, 5.41) is 8.83. The summed E-state index contributed by atoms with van der Waals surface area (Å²) >= 11 is 0. The summed E-state index contributed by atoms with van der Waals surface area (Å²) < 4.78 is 10.6. The highest BCUT2D eigenvalue weighted by Gasteiger charge is 2.19. The van der Waals surface area contributed by atoms with Crippen LogP contribution < -0.4 is 4.74 Å². The Morgan fingerprint density at radius 1 is 1.53 bits per heavy atom. The second-order valence-corrected chi connectivity index (χ2v) is 4.37. The van der Waals surface area contributed by atoms with E-state index in [2.05, 4.69) is 0 Å². The lowest BCUT2D eigenvalue weighted by molar-refractivity contribution is -0.137. The minimum atomic E-state index is -0.776. The third-order valence-electron chi connectivity index (χ3n) is 3.15. The third-order valence-corrected chi connectivity index (χ3v) is 3.15. The van der Waals surface area contributed by atoms with E-state index < -0.39 is 5.97 Å². The van der Waals surface area contributed by atoms with Gasteiger partial charge in [0.2, 0.25) is 0 Å². The van der Waals surface area contributed by atoms with Crippen LogP contribution in [0.5, 0.6) is 5.75 Å². The van der Waals surface area contributed by atoms with Crippen LogP contribution in [0.15, 0.2) is 12.1 Å². The van der Waals surface area contributed by atoms with Crippen molar-refractivity contribution < 1.29 is 19.4 Å². The Hall–Kier alpha value is -1.55. The fourth-order valence-electron chi connectivity index (χ4n) is 2.22. The van der Waals surface area contributed by atoms with E-state index in [1.807, 2.05) is 26.0 Å². The fraction of sp³-hybridized carbons (Fsp3) is 0.462. The number of carbonyl (C=O) groups is 1. The molecule has 4 nitrogen and oxygen atoms in total. The molecular formula is C13H16O4. The first-order valence-electron chi connectivity index (χ1n) is 5.64. The Morgan fingerprint density at radius 3 is 3.00 bits per heavy atom. The van der Waals surface area contributed by atoms with E-state index in [1.165, 1.54) is 0 Å². The monoisotopic (exact) mass is 236 g/mol. The van der Waals surface area contributed by atoms with Crippen LogP contribution in [0.1, 0.15) is 36.0 Å². The predicted octanol–water partition coefficient (Wildman–Crippen LogP) is 2.44. The van der Waals surface area contributed by atoms with Crippen molar-refractivity contribution in [3.63, 3.8) is 0 Å². The molecule has 0 spiro atoms. The number of fused-ring (bicyclic) bond motifs is 1. The molecule has 1 aromatic carbocycles. The topological polar surface area (TPSA) is 55.8 Å². The van der Waals surface area contributed by atoms with Gasteiger partial charge in [-0.15, -0.1) is 0 Å². The molecule has 1 unspecified atom stereocenters. The first-order valence-corrected chi connectivity index (χ1v) is 5.64. The number of hydrogen-bond donors (Lipinski definition) is 1. The lowest BCUT2D eigenvalue weighted by Gasteiger charge is -2.23. The van der Waals surface area contributed by atoms with Gasteiger partial charge in [0, 0.05) is 5.56 Å². The second kappa shape index (κ2) is 4.75. The van der Waals surface area contributed by atoms with Gasteiger partial charge >= 0.3 is 5.97 Å². The average Bonchev–Trinajstić information content (AvgIpc) is 2.28. The molecule has 1 aliphatic heterocycles. The summed E-state index contributed by atoms with van der Waals surface area (Å²) in [6, 6.07) is 3.85. The van der Waals surface area contributed by atoms with Gasteiger partial charge in [0.15, 0.2) is 6.79 Å². The Kier molecular flexibility index (Phi) is 3.33. The number of carboxylic acids is 1. The van der Waals surface area contributed by atoms with Crippen LogP contribution in [0, 0.1) is 6.92 Å². The van der Waals surface area contributed by atoms with Crippen LogP contribution in [-0.2, 0) is 16.1 Å². The molecule has 17 heavy (non-hydrogen) atoms. The molecule has 0 saturated carbocycles. The third kappa shape index (κ3) is 2.42. The zero-order valence-corrected chi connectivity index (χ0v) is 10.0. The van der Waals surface area contributed by atoms with Crippen molar-refractivity contribution in [2.24, 2.45) is 0 Å². The number of benzene rings is 1. The van der Waals surface area contributed by atoms with E-state index in [1.54, 1.807) is 0 Å². The van der Waals surface area contributed by atoms with Gasteiger partial charge in [-0.3, -0.25) is 4.79 Å². The first-order chi connectivity index (χ1) is 8.09. The molecule has 0 radical (unpaired) electrons. The highest BCUT2D eigenvalue weighted by molar-refractivity contribution is 5.68. The normalized spacial score (nSPS) is 15.9. The van der Waals surface area contributed by atoms with E-state index in [-0.39, 0.29) is 19.1 Å². The van der Waals surface area contributed by atoms with Crippen molar-refractivity contribution in [2.75, 3.05) is 6.79 Å². The predicted molar refractivity (Wildman–Crippen MR) is 62.1 cm³/mol. The Morgan fingerprint density at radius 2 is 2.29 bits per heavy atom. The zero-order chi connectivity index (χ0) is 12.4. The van der Waals surface area contributed by atoms with Gasteiger partial charge in [0.1, 0.15) is 5.75 Å². The van der Waals surface area contributed by atoms with Crippen LogP contribution in [0.3, 0.4) is 0 Å². The summed E-state index contributed by atoms with van der Waals surface area (Å²) in [6.45, 7) is 4.74. The van der Waals surface area contributed by atoms with Crippen molar-refractivity contribution in [1.29, 1.82) is 0 Å². The van der Waals surface area contributed by atoms with Crippen molar-refractivity contribution in [1.82, 2.24) is 0 Å². The smallest absolute Gasteiger partial charge is 0.303 e. The molecule has 1 aromatic rings. The Labute approximate surface area is 100 Å². The van der Waals surface area contributed by atoms with E-state index in [0.717, 1.165) is 22.4 Å². The molecule has 1 aliphatic rings. The molecule has 1 atom stereocenters. The molecule has 2 rings (SSSR count). The lowest BCUT2D eigenvalue weighted by atomic mass is 9.90. The highest BCUT2D eigenvalue weighted by atomic mass is 16.7. The van der Waals surface area contributed by atoms with Gasteiger partial charge < -0.3 is 14.6 Å². The number of ether oxygens (including phenoxy) is 2. The fourth-order valence-corrected chi connectivity index (χ4v) is 2.22. The van der Waals surface area contributed by atoms with Gasteiger partial charge in [0.05, 0.1) is 13.0 Å². The summed E-state index contributed by atoms with van der Waals surface area (Å²) in [5.74, 6) is 0.0712. The summed E-state index contributed by atoms with van der Waals surface area (Å²) in [7, 11) is 0. The van der Waals surface area contributed by atoms with E-state index in [0.29, 0.717) is 6.61 Å². The minimum absolute atomic E-state index is 0.000253. The van der Waals surface area contributed by atoms with Crippen molar-refractivity contribution in [3.05, 3.63) is 28.8 Å². The van der Waals surface area contributed by atoms with Crippen LogP contribution in [0.25, 0.3) is 0 Å². The van der Waals surface area contributed by atoms with Gasteiger partial charge in [0.25, 0.3) is 0 Å². The van der Waals surface area contributed by atoms with Gasteiger partial charge in [-0.25, -0.2) is 0 Å². The van der Waals surface area contributed by atoms with Crippen molar-refractivity contribution in [3.8, 4) is 5.75 Å². The quantitative estimate of drug-likeness (QED) is 0.875. The maximum Gasteiger partial charge on any atom is 0.303 e. The molecule has 1 N–H and O–H groups in total. The maximum absolute atomic E-state index is 10.7. The summed E-state index contributed by atoms with van der Waals surface area (Å²) in [4.78, 5) is 10.7. The largest absolute Gasteiger partial charge is 0.481 e. The summed E-state index contributed by atoms with van der Waals surface area (Å²) in [5.41, 5.74) is 3.17. The molecule has 4 heteroatoms. The van der Waals surface area contributed by atoms with E-state index in [9.17, 15) is 4.79 Å². The number of aliphatic carboxylic acids is 1. The van der Waals surface area contributed by atoms with Crippen LogP contribution in [-0.4, -0.2) is 17.9 Å². The summed E-state index contributed by atoms with van der Waals surface area (Å²) in [6.07, 6.45) is 0.140. The lowest BCUT2D eigenvalue weighted by Crippen LogP contribution is -2.14. The molecule has 92 valence electrons. The first kappa shape index (κ1) is 11.9. The van der Waals surface area contributed by atoms with Gasteiger partial charge in [-0.2, -0.15) is 0 Å². The minimum Gasteiger partial charge on any atom is -0.481 e. The molecule has 0 amide bonds. The molecule has 0 aromatic heterocycles. The van der Waals surface area contributed by atoms with Gasteiger partial charge in [-0.05, 0) is 30.0 Å². The maximum atomic E-state index is 10.7. The van der Waals surface area contributed by atoms with Crippen LogP contribution >= 0.6 is 0 Å². The second-order valence-electron chi connectivity index (χ2n) is 4.37. The molecule has 1 heterocycles. The van der Waals surface area contributed by atoms with E-state index in [4.69, 9.17) is 14.6 Å². The molecule has 0 bridgehead atoms. The van der Waals surface area contributed by atoms with Gasteiger partial charge in [-0.1, -0.05) is 13.0 Å². The average molecular weight is 236 g/mol. The molecule has 0 aliphatic carbocycles. The Bertz CT molecular complexity index is 439. The van der Waals surface area contributed by atoms with Crippen LogP contribution in [0.2, 0.25) is 0 Å². The van der Waals surface area contributed by atoms with Crippen molar-refractivity contribution in [2.45, 2.75) is 32.8 Å². The zero-order valence-electron chi connectivity index (χ0n) is 10.0. The van der Waals surface area contributed by atoms with E-state index >= 15 is 0 Å². The number of carboxylic acid groups (broad SMARTS) is 1. The number of rotatable bonds is 3. The molecule has 0 saturated heterocycles.